The lowest BCUT2D eigenvalue weighted by atomic mass is 9.85. The van der Waals surface area contributed by atoms with Gasteiger partial charge in [0.15, 0.2) is 17.2 Å². The summed E-state index contributed by atoms with van der Waals surface area (Å²) in [6.45, 7) is 0. The molecular weight excluding hydrogens is 549 g/mol. The van der Waals surface area contributed by atoms with Gasteiger partial charge >= 0.3 is 0 Å². The van der Waals surface area contributed by atoms with Crippen LogP contribution >= 0.6 is 0 Å². The molecule has 5 aromatic rings. The fourth-order valence-electron chi connectivity index (χ4n) is 7.06. The molecule has 2 saturated heterocycles. The molecule has 3 aliphatic rings. The summed E-state index contributed by atoms with van der Waals surface area (Å²) in [5, 5.41) is 11.2. The van der Waals surface area contributed by atoms with Crippen LogP contribution in [0.2, 0.25) is 0 Å². The molecule has 0 spiro atoms. The molecule has 11 nitrogen and oxygen atoms in total. The van der Waals surface area contributed by atoms with Gasteiger partial charge in [0.05, 0.1) is 24.7 Å². The number of ether oxygens (including phenoxy) is 1. The van der Waals surface area contributed by atoms with Gasteiger partial charge in [0.1, 0.15) is 12.1 Å². The zero-order valence-corrected chi connectivity index (χ0v) is 23.6. The van der Waals surface area contributed by atoms with Gasteiger partial charge in [-0.05, 0) is 68.7 Å². The van der Waals surface area contributed by atoms with Gasteiger partial charge in [-0.25, -0.2) is 14.4 Å². The summed E-state index contributed by atoms with van der Waals surface area (Å²) in [6, 6.07) is 8.81. The first-order valence-corrected chi connectivity index (χ1v) is 14.7. The van der Waals surface area contributed by atoms with Crippen molar-refractivity contribution in [1.29, 1.82) is 0 Å². The van der Waals surface area contributed by atoms with Crippen molar-refractivity contribution in [3.05, 3.63) is 72.0 Å². The molecule has 3 N–H and O–H groups in total. The van der Waals surface area contributed by atoms with Crippen LogP contribution in [0.5, 0.6) is 5.75 Å². The van der Waals surface area contributed by atoms with E-state index in [4.69, 9.17) is 15.5 Å². The van der Waals surface area contributed by atoms with Crippen LogP contribution in [0, 0.1) is 5.82 Å². The van der Waals surface area contributed by atoms with Crippen molar-refractivity contribution < 1.29 is 13.9 Å². The molecule has 1 saturated carbocycles. The second-order valence-electron chi connectivity index (χ2n) is 11.7. The summed E-state index contributed by atoms with van der Waals surface area (Å²) < 4.78 is 20.8. The molecule has 1 aromatic carbocycles. The Morgan fingerprint density at radius 3 is 2.49 bits per heavy atom. The maximum atomic E-state index is 13.9. The van der Waals surface area contributed by atoms with Crippen molar-refractivity contribution in [2.75, 3.05) is 12.8 Å². The van der Waals surface area contributed by atoms with Crippen LogP contribution in [0.15, 0.2) is 49.1 Å². The van der Waals surface area contributed by atoms with Crippen molar-refractivity contribution in [2.24, 2.45) is 0 Å². The molecule has 1 amide bonds. The Hall–Kier alpha value is -4.87. The predicted octanol–water partition coefficient (Wildman–Crippen LogP) is 4.73. The number of aromatic nitrogens is 7. The topological polar surface area (TPSA) is 140 Å². The number of pyridine rings is 1. The van der Waals surface area contributed by atoms with Crippen LogP contribution in [-0.4, -0.2) is 64.8 Å². The lowest BCUT2D eigenvalue weighted by Crippen LogP contribution is -2.46. The molecule has 43 heavy (non-hydrogen) atoms. The first kappa shape index (κ1) is 25.8. The number of hydrogen-bond acceptors (Lipinski definition) is 8. The van der Waals surface area contributed by atoms with Gasteiger partial charge in [0.2, 0.25) is 5.82 Å². The van der Waals surface area contributed by atoms with E-state index in [0.29, 0.717) is 28.9 Å². The Balaban J connectivity index is 1.14. The molecule has 2 aliphatic heterocycles. The van der Waals surface area contributed by atoms with Gasteiger partial charge in [-0.1, -0.05) is 6.07 Å². The van der Waals surface area contributed by atoms with Crippen molar-refractivity contribution >= 4 is 17.4 Å². The Bertz CT molecular complexity index is 1840. The quantitative estimate of drug-likeness (QED) is 0.294. The molecule has 3 fully saturated rings. The highest BCUT2D eigenvalue weighted by Crippen LogP contribution is 2.50. The maximum absolute atomic E-state index is 13.9. The monoisotopic (exact) mass is 579 g/mol. The number of fused-ring (bicyclic) bond motifs is 3. The van der Waals surface area contributed by atoms with E-state index in [-0.39, 0.29) is 29.7 Å². The normalized spacial score (nSPS) is 21.4. The minimum Gasteiger partial charge on any atom is -0.494 e. The molecule has 12 heteroatoms. The fraction of sp³-hybridized carbons (Fsp3) is 0.355. The number of aromatic amines is 1. The molecular formula is C31H30FN9O2. The van der Waals surface area contributed by atoms with Crippen molar-refractivity contribution in [3.63, 3.8) is 0 Å². The highest BCUT2D eigenvalue weighted by atomic mass is 19.1. The Morgan fingerprint density at radius 2 is 1.81 bits per heavy atom. The molecule has 8 rings (SSSR count). The maximum Gasteiger partial charge on any atom is 0.291 e. The number of hydrogen-bond donors (Lipinski definition) is 2. The summed E-state index contributed by atoms with van der Waals surface area (Å²) >= 11 is 0. The standard InChI is InChI=1S/C31H30FN9O2/c1-43-25-12-17(4-8-23(25)32)24-9-5-18(13-34-24)22-14-37-41-28(33)26(16-2-3-16)27(38-30(22)41)19-10-20-6-7-21(11-19)40(20)31(42)29-35-15-36-39-29/h4-5,8-9,12-16,19-21H,2-3,6-7,10-11,33H2,1H3,(H,35,36,39). The highest BCUT2D eigenvalue weighted by Gasteiger charge is 2.46. The highest BCUT2D eigenvalue weighted by molar-refractivity contribution is 5.91. The summed E-state index contributed by atoms with van der Waals surface area (Å²) in [5.41, 5.74) is 12.8. The van der Waals surface area contributed by atoms with Gasteiger partial charge in [-0.15, -0.1) is 0 Å². The average Bonchev–Trinajstić information content (AvgIpc) is 3.41. The molecule has 1 aliphatic carbocycles. The van der Waals surface area contributed by atoms with Crippen molar-refractivity contribution in [2.45, 2.75) is 62.4 Å². The third-order valence-electron chi connectivity index (χ3n) is 9.23. The number of nitrogens with zero attached hydrogens (tertiary/aromatic N) is 7. The number of nitrogens with two attached hydrogens (primary N) is 1. The van der Waals surface area contributed by atoms with Crippen molar-refractivity contribution in [3.8, 4) is 28.1 Å². The van der Waals surface area contributed by atoms with E-state index in [0.717, 1.165) is 66.5 Å². The van der Waals surface area contributed by atoms with Gasteiger partial charge in [0, 0.05) is 46.5 Å². The number of amides is 1. The molecule has 0 radical (unpaired) electrons. The first-order valence-electron chi connectivity index (χ1n) is 14.7. The number of rotatable bonds is 6. The van der Waals surface area contributed by atoms with Crippen LogP contribution in [0.4, 0.5) is 10.2 Å². The van der Waals surface area contributed by atoms with Crippen LogP contribution in [0.25, 0.3) is 28.0 Å². The lowest BCUT2D eigenvalue weighted by Gasteiger charge is -2.39. The van der Waals surface area contributed by atoms with E-state index in [1.807, 2.05) is 17.0 Å². The van der Waals surface area contributed by atoms with E-state index in [9.17, 15) is 9.18 Å². The minimum absolute atomic E-state index is 0.0816. The van der Waals surface area contributed by atoms with Gasteiger partial charge in [0.25, 0.3) is 5.91 Å². The number of H-pyrrole nitrogens is 1. The van der Waals surface area contributed by atoms with Crippen LogP contribution in [0.1, 0.15) is 72.2 Å². The zero-order chi connectivity index (χ0) is 29.2. The van der Waals surface area contributed by atoms with E-state index in [2.05, 4.69) is 25.3 Å². The van der Waals surface area contributed by atoms with Crippen LogP contribution < -0.4 is 10.5 Å². The van der Waals surface area contributed by atoms with E-state index < -0.39 is 5.82 Å². The smallest absolute Gasteiger partial charge is 0.291 e. The average molecular weight is 580 g/mol. The number of nitrogens with one attached hydrogen (secondary N) is 1. The molecule has 2 unspecified atom stereocenters. The van der Waals surface area contributed by atoms with E-state index in [1.54, 1.807) is 29.0 Å². The molecule has 4 aromatic heterocycles. The lowest BCUT2D eigenvalue weighted by molar-refractivity contribution is 0.0557. The number of halogens is 1. The van der Waals surface area contributed by atoms with Crippen LogP contribution in [0.3, 0.4) is 0 Å². The number of carbonyl (C=O) groups excluding carboxylic acids is 1. The number of carbonyl (C=O) groups is 1. The summed E-state index contributed by atoms with van der Waals surface area (Å²) in [4.78, 5) is 29.3. The van der Waals surface area contributed by atoms with Crippen molar-refractivity contribution in [1.82, 2.24) is 39.7 Å². The number of anilines is 1. The second kappa shape index (κ2) is 9.85. The SMILES string of the molecule is COc1cc(-c2ccc(-c3cnn4c(N)c(C5CC5)c(C5CC6CCC(C5)N6C(=O)c5ncn[nH]5)nc34)cn2)ccc1F. The Labute approximate surface area is 246 Å². The second-order valence-corrected chi connectivity index (χ2v) is 11.7. The number of methoxy groups -OCH3 is 1. The third kappa shape index (κ3) is 4.23. The third-order valence-corrected chi connectivity index (χ3v) is 9.23. The summed E-state index contributed by atoms with van der Waals surface area (Å²) in [5.74, 6) is 1.19. The molecule has 6 heterocycles. The van der Waals surface area contributed by atoms with Gasteiger partial charge in [-0.2, -0.15) is 14.7 Å². The largest absolute Gasteiger partial charge is 0.494 e. The first-order chi connectivity index (χ1) is 21.0. The molecule has 218 valence electrons. The fourth-order valence-corrected chi connectivity index (χ4v) is 7.06. The Morgan fingerprint density at radius 1 is 1.02 bits per heavy atom. The van der Waals surface area contributed by atoms with Gasteiger partial charge in [-0.3, -0.25) is 14.9 Å². The predicted molar refractivity (Wildman–Crippen MR) is 156 cm³/mol. The van der Waals surface area contributed by atoms with Crippen LogP contribution in [-0.2, 0) is 0 Å². The van der Waals surface area contributed by atoms with E-state index in [1.165, 1.54) is 19.5 Å². The number of nitrogen functional groups attached to an aromatic ring is 1. The summed E-state index contributed by atoms with van der Waals surface area (Å²) in [7, 11) is 1.44. The van der Waals surface area contributed by atoms with Gasteiger partial charge < -0.3 is 15.4 Å². The molecule has 2 bridgehead atoms. The number of benzene rings is 1. The zero-order valence-electron chi connectivity index (χ0n) is 23.6. The Kier molecular flexibility index (Phi) is 5.92. The molecule has 2 atom stereocenters. The number of piperidine rings is 1. The minimum atomic E-state index is -0.417. The van der Waals surface area contributed by atoms with E-state index >= 15 is 0 Å². The summed E-state index contributed by atoms with van der Waals surface area (Å²) in [6.07, 6.45) is 10.7.